The topological polar surface area (TPSA) is 124 Å². The SMILES string of the molecule is CCC(=O)CCC(C(C)=O)N(C=O)C(=O)c1ccc(OCCN2CCC(OC3CC(CC)C3)CC2)cc1C.Cc1ccc(-c2ccc3c4cnccc4n(C)c3c2)cn1. The van der Waals surface area contributed by atoms with Crippen molar-refractivity contribution in [1.82, 2.24) is 24.3 Å². The van der Waals surface area contributed by atoms with Crippen LogP contribution in [0.15, 0.2) is 73.2 Å². The van der Waals surface area contributed by atoms with Gasteiger partial charge in [0, 0.05) is 91.2 Å². The molecule has 11 heteroatoms. The second kappa shape index (κ2) is 20.1. The summed E-state index contributed by atoms with van der Waals surface area (Å²) in [7, 11) is 2.10. The number of piperidine rings is 1. The summed E-state index contributed by atoms with van der Waals surface area (Å²) >= 11 is 0. The van der Waals surface area contributed by atoms with Crippen LogP contribution in [0.25, 0.3) is 32.9 Å². The minimum Gasteiger partial charge on any atom is -0.492 e. The quantitative estimate of drug-likeness (QED) is 0.0905. The first-order chi connectivity index (χ1) is 28.5. The number of pyridine rings is 2. The number of rotatable bonds is 16. The minimum absolute atomic E-state index is 0.0105. The van der Waals surface area contributed by atoms with E-state index in [-0.39, 0.29) is 24.4 Å². The van der Waals surface area contributed by atoms with Crippen molar-refractivity contribution in [3.05, 3.63) is 90.0 Å². The fourth-order valence-corrected chi connectivity index (χ4v) is 8.21. The zero-order valence-electron chi connectivity index (χ0n) is 35.5. The Bertz CT molecular complexity index is 2240. The van der Waals surface area contributed by atoms with Gasteiger partial charge >= 0.3 is 0 Å². The van der Waals surface area contributed by atoms with E-state index in [4.69, 9.17) is 9.47 Å². The second-order valence-corrected chi connectivity index (χ2v) is 16.1. The molecule has 4 heterocycles. The van der Waals surface area contributed by atoms with Gasteiger partial charge in [-0.05, 0) is 106 Å². The Labute approximate surface area is 348 Å². The molecule has 7 rings (SSSR count). The standard InChI is InChI=1S/C30H44N2O6.C18H15N3/c1-5-23-18-27(19-23)38-25-11-13-31(14-12-25)15-16-37-26-8-9-28(21(3)17-26)30(36)32(20-33)29(22(4)34)10-7-24(35)6-2;1-12-3-4-14(10-20-12)13-5-6-15-16-11-19-8-7-17(16)21(2)18(15)9-13/h8-9,17,20,23,25,27,29H,5-7,10-16,18-19H2,1-4H3;3-11H,1-2H3. The average molecular weight is 802 g/mol. The highest BCUT2D eigenvalue weighted by Gasteiger charge is 2.32. The molecule has 59 heavy (non-hydrogen) atoms. The summed E-state index contributed by atoms with van der Waals surface area (Å²) in [4.78, 5) is 60.8. The predicted octanol–water partition coefficient (Wildman–Crippen LogP) is 8.46. The molecule has 0 bridgehead atoms. The van der Waals surface area contributed by atoms with Crippen LogP contribution in [0.5, 0.6) is 5.75 Å². The van der Waals surface area contributed by atoms with E-state index in [1.54, 1.807) is 32.0 Å². The highest BCUT2D eigenvalue weighted by atomic mass is 16.5. The van der Waals surface area contributed by atoms with E-state index in [1.165, 1.54) is 53.6 Å². The van der Waals surface area contributed by atoms with E-state index in [9.17, 15) is 19.2 Å². The van der Waals surface area contributed by atoms with Crippen LogP contribution in [0, 0.1) is 19.8 Å². The number of hydrogen-bond acceptors (Lipinski definition) is 9. The molecular formula is C48H59N5O6. The Kier molecular flexibility index (Phi) is 14.8. The van der Waals surface area contributed by atoms with Gasteiger partial charge in [0.15, 0.2) is 5.78 Å². The summed E-state index contributed by atoms with van der Waals surface area (Å²) in [6.45, 7) is 12.5. The van der Waals surface area contributed by atoms with Crippen LogP contribution in [-0.4, -0.2) is 92.7 Å². The third-order valence-corrected chi connectivity index (χ3v) is 12.1. The molecule has 5 aromatic rings. The van der Waals surface area contributed by atoms with Crippen molar-refractivity contribution < 1.29 is 28.7 Å². The number of ketones is 2. The first-order valence-electron chi connectivity index (χ1n) is 21.2. The number of fused-ring (bicyclic) bond motifs is 3. The number of benzene rings is 2. The molecule has 1 saturated heterocycles. The van der Waals surface area contributed by atoms with Crippen LogP contribution in [0.4, 0.5) is 0 Å². The van der Waals surface area contributed by atoms with Gasteiger partial charge in [-0.3, -0.25) is 38.9 Å². The zero-order valence-corrected chi connectivity index (χ0v) is 35.5. The molecule has 1 atom stereocenters. The molecule has 1 unspecified atom stereocenters. The molecule has 0 radical (unpaired) electrons. The molecule has 0 spiro atoms. The molecule has 312 valence electrons. The van der Waals surface area contributed by atoms with Crippen LogP contribution in [0.1, 0.15) is 93.8 Å². The Hall–Kier alpha value is -5.26. The lowest BCUT2D eigenvalue weighted by molar-refractivity contribution is -0.129. The smallest absolute Gasteiger partial charge is 0.261 e. The Morgan fingerprint density at radius 2 is 1.68 bits per heavy atom. The van der Waals surface area contributed by atoms with Gasteiger partial charge in [-0.2, -0.15) is 0 Å². The van der Waals surface area contributed by atoms with Crippen LogP contribution in [0.3, 0.4) is 0 Å². The van der Waals surface area contributed by atoms with Gasteiger partial charge in [0.1, 0.15) is 18.1 Å². The predicted molar refractivity (Wildman–Crippen MR) is 231 cm³/mol. The van der Waals surface area contributed by atoms with Crippen molar-refractivity contribution in [3.8, 4) is 16.9 Å². The van der Waals surface area contributed by atoms with E-state index in [0.717, 1.165) is 54.6 Å². The number of imide groups is 1. The normalized spacial score (nSPS) is 17.5. The van der Waals surface area contributed by atoms with E-state index in [0.29, 0.717) is 48.5 Å². The van der Waals surface area contributed by atoms with Crippen molar-refractivity contribution in [2.75, 3.05) is 26.2 Å². The van der Waals surface area contributed by atoms with E-state index >= 15 is 0 Å². The fourth-order valence-electron chi connectivity index (χ4n) is 8.21. The molecule has 1 aliphatic heterocycles. The second-order valence-electron chi connectivity index (χ2n) is 16.1. The van der Waals surface area contributed by atoms with Crippen LogP contribution in [-0.2, 0) is 26.2 Å². The molecule has 2 aliphatic rings. The first kappa shape index (κ1) is 43.3. The van der Waals surface area contributed by atoms with Gasteiger partial charge in [-0.1, -0.05) is 38.5 Å². The number of hydrogen-bond donors (Lipinski definition) is 0. The molecular weight excluding hydrogens is 743 g/mol. The molecule has 2 aromatic carbocycles. The lowest BCUT2D eigenvalue weighted by atomic mass is 9.80. The average Bonchev–Trinajstić information content (AvgIpc) is 3.51. The summed E-state index contributed by atoms with van der Waals surface area (Å²) in [5.41, 5.74) is 6.78. The summed E-state index contributed by atoms with van der Waals surface area (Å²) in [6.07, 6.45) is 13.4. The fraction of sp³-hybridized carbons (Fsp3) is 0.458. The van der Waals surface area contributed by atoms with Crippen molar-refractivity contribution in [2.45, 2.75) is 104 Å². The molecule has 2 fully saturated rings. The monoisotopic (exact) mass is 801 g/mol. The van der Waals surface area contributed by atoms with Crippen LogP contribution >= 0.6 is 0 Å². The molecule has 1 saturated carbocycles. The number of likely N-dealkylation sites (tertiary alicyclic amines) is 1. The van der Waals surface area contributed by atoms with E-state index in [1.807, 2.05) is 31.6 Å². The maximum Gasteiger partial charge on any atom is 0.261 e. The van der Waals surface area contributed by atoms with Crippen molar-refractivity contribution >= 4 is 45.7 Å². The van der Waals surface area contributed by atoms with Gasteiger partial charge in [0.2, 0.25) is 6.41 Å². The summed E-state index contributed by atoms with van der Waals surface area (Å²) < 4.78 is 14.4. The lowest BCUT2D eigenvalue weighted by Crippen LogP contribution is -2.44. The molecule has 1 aliphatic carbocycles. The number of aromatic nitrogens is 3. The number of Topliss-reactive ketones (excluding diaryl/α,β-unsaturated/α-hetero) is 2. The number of carbonyl (C=O) groups is 4. The summed E-state index contributed by atoms with van der Waals surface area (Å²) in [5.74, 6) is 0.629. The molecule has 0 N–H and O–H groups in total. The van der Waals surface area contributed by atoms with Crippen molar-refractivity contribution in [2.24, 2.45) is 13.0 Å². The maximum atomic E-state index is 13.1. The van der Waals surface area contributed by atoms with Gasteiger partial charge in [0.25, 0.3) is 5.91 Å². The summed E-state index contributed by atoms with van der Waals surface area (Å²) in [5, 5.41) is 2.44. The largest absolute Gasteiger partial charge is 0.492 e. The number of carbonyl (C=O) groups excluding carboxylic acids is 4. The Balaban J connectivity index is 0.000000232. The number of amides is 2. The van der Waals surface area contributed by atoms with E-state index < -0.39 is 11.9 Å². The molecule has 2 amide bonds. The lowest BCUT2D eigenvalue weighted by Gasteiger charge is -2.39. The third-order valence-electron chi connectivity index (χ3n) is 12.1. The first-order valence-corrected chi connectivity index (χ1v) is 21.2. The number of nitrogens with zero attached hydrogens (tertiary/aromatic N) is 5. The summed E-state index contributed by atoms with van der Waals surface area (Å²) in [6, 6.07) is 16.9. The van der Waals surface area contributed by atoms with Gasteiger partial charge in [-0.15, -0.1) is 0 Å². The molecule has 11 nitrogen and oxygen atoms in total. The zero-order chi connectivity index (χ0) is 42.1. The van der Waals surface area contributed by atoms with Crippen molar-refractivity contribution in [1.29, 1.82) is 0 Å². The third kappa shape index (κ3) is 10.7. The highest BCUT2D eigenvalue weighted by molar-refractivity contribution is 6.08. The van der Waals surface area contributed by atoms with Gasteiger partial charge in [0.05, 0.1) is 23.8 Å². The van der Waals surface area contributed by atoms with Crippen LogP contribution in [0.2, 0.25) is 0 Å². The van der Waals surface area contributed by atoms with Gasteiger partial charge in [-0.25, -0.2) is 0 Å². The van der Waals surface area contributed by atoms with Crippen LogP contribution < -0.4 is 4.74 Å². The van der Waals surface area contributed by atoms with Crippen molar-refractivity contribution in [3.63, 3.8) is 0 Å². The Morgan fingerprint density at radius 3 is 2.34 bits per heavy atom. The maximum absolute atomic E-state index is 13.1. The Morgan fingerprint density at radius 1 is 0.915 bits per heavy atom. The minimum atomic E-state index is -0.956. The highest BCUT2D eigenvalue weighted by Crippen LogP contribution is 2.35. The number of aryl methyl sites for hydroxylation is 3. The van der Waals surface area contributed by atoms with Gasteiger partial charge < -0.3 is 14.0 Å². The van der Waals surface area contributed by atoms with E-state index in [2.05, 4.69) is 63.7 Å². The number of ether oxygens (including phenoxy) is 2. The molecule has 3 aromatic heterocycles.